The molecule has 0 radical (unpaired) electrons. The number of hydrogen-bond donors (Lipinski definition) is 1. The van der Waals surface area contributed by atoms with E-state index in [1.54, 1.807) is 11.3 Å². The molecule has 0 saturated heterocycles. The highest BCUT2D eigenvalue weighted by Gasteiger charge is 2.16. The van der Waals surface area contributed by atoms with Crippen molar-refractivity contribution in [1.29, 1.82) is 0 Å². The first kappa shape index (κ1) is 12.9. The van der Waals surface area contributed by atoms with E-state index in [1.165, 1.54) is 0 Å². The highest BCUT2D eigenvalue weighted by molar-refractivity contribution is 7.09. The van der Waals surface area contributed by atoms with Gasteiger partial charge in [0.2, 0.25) is 0 Å². The topological polar surface area (TPSA) is 46.4 Å². The molecule has 1 amide bonds. The van der Waals surface area contributed by atoms with Crippen LogP contribution in [0.5, 0.6) is 0 Å². The molecule has 0 aliphatic carbocycles. The third-order valence-corrected chi connectivity index (χ3v) is 4.05. The van der Waals surface area contributed by atoms with E-state index in [0.29, 0.717) is 12.2 Å². The van der Waals surface area contributed by atoms with Gasteiger partial charge < -0.3 is 5.32 Å². The van der Waals surface area contributed by atoms with Gasteiger partial charge in [-0.1, -0.05) is 6.07 Å². The minimum atomic E-state index is -0.0905. The molecule has 3 rings (SSSR count). The molecule has 0 bridgehead atoms. The van der Waals surface area contributed by atoms with Gasteiger partial charge in [-0.3, -0.25) is 9.20 Å². The maximum atomic E-state index is 12.4. The van der Waals surface area contributed by atoms with Crippen molar-refractivity contribution >= 4 is 22.9 Å². The average Bonchev–Trinajstić information content (AvgIpc) is 3.02. The number of nitrogens with zero attached hydrogens (tertiary/aromatic N) is 2. The first-order valence-electron chi connectivity index (χ1n) is 6.41. The molecule has 0 saturated carbocycles. The Morgan fingerprint density at radius 1 is 1.40 bits per heavy atom. The summed E-state index contributed by atoms with van der Waals surface area (Å²) in [5, 5.41) is 4.95. The van der Waals surface area contributed by atoms with E-state index in [2.05, 4.69) is 10.3 Å². The van der Waals surface area contributed by atoms with Crippen LogP contribution >= 0.6 is 11.3 Å². The average molecular weight is 285 g/mol. The molecule has 3 heterocycles. The van der Waals surface area contributed by atoms with Gasteiger partial charge in [-0.05, 0) is 43.0 Å². The number of carbonyl (C=O) groups excluding carboxylic acids is 1. The summed E-state index contributed by atoms with van der Waals surface area (Å²) in [5.41, 5.74) is 3.30. The highest BCUT2D eigenvalue weighted by atomic mass is 32.1. The monoisotopic (exact) mass is 285 g/mol. The molecule has 0 unspecified atom stereocenters. The smallest absolute Gasteiger partial charge is 0.270 e. The maximum Gasteiger partial charge on any atom is 0.270 e. The molecule has 20 heavy (non-hydrogen) atoms. The van der Waals surface area contributed by atoms with Crippen LogP contribution in [0, 0.1) is 13.8 Å². The Morgan fingerprint density at radius 3 is 3.00 bits per heavy atom. The molecular weight excluding hydrogens is 270 g/mol. The number of aromatic nitrogens is 2. The number of carbonyl (C=O) groups is 1. The lowest BCUT2D eigenvalue weighted by Gasteiger charge is -2.05. The van der Waals surface area contributed by atoms with Crippen LogP contribution in [0.3, 0.4) is 0 Å². The van der Waals surface area contributed by atoms with Gasteiger partial charge in [0.15, 0.2) is 0 Å². The molecule has 0 aliphatic rings. The fraction of sp³-hybridized carbons (Fsp3) is 0.200. The van der Waals surface area contributed by atoms with Gasteiger partial charge in [0.1, 0.15) is 11.3 Å². The molecule has 0 fully saturated rings. The fourth-order valence-corrected chi connectivity index (χ4v) is 2.85. The van der Waals surface area contributed by atoms with Crippen molar-refractivity contribution in [2.45, 2.75) is 20.4 Å². The predicted octanol–water partition coefficient (Wildman–Crippen LogP) is 2.94. The van der Waals surface area contributed by atoms with Crippen LogP contribution in [-0.2, 0) is 6.54 Å². The lowest BCUT2D eigenvalue weighted by atomic mass is 10.3. The number of amides is 1. The van der Waals surface area contributed by atoms with E-state index in [-0.39, 0.29) is 5.91 Å². The van der Waals surface area contributed by atoms with Crippen molar-refractivity contribution in [2.75, 3.05) is 0 Å². The standard InChI is InChI=1S/C15H15N3OS/c1-10-5-6-18-13(8-10)17-11(2)14(18)15(19)16-9-12-4-3-7-20-12/h3-8H,9H2,1-2H3,(H,16,19). The number of fused-ring (bicyclic) bond motifs is 1. The third kappa shape index (κ3) is 2.32. The maximum absolute atomic E-state index is 12.4. The highest BCUT2D eigenvalue weighted by Crippen LogP contribution is 2.14. The predicted molar refractivity (Wildman–Crippen MR) is 80.2 cm³/mol. The molecule has 102 valence electrons. The second-order valence-corrected chi connectivity index (χ2v) is 5.77. The summed E-state index contributed by atoms with van der Waals surface area (Å²) in [5.74, 6) is -0.0905. The molecule has 4 nitrogen and oxygen atoms in total. The lowest BCUT2D eigenvalue weighted by molar-refractivity contribution is 0.0944. The van der Waals surface area contributed by atoms with E-state index in [1.807, 2.05) is 54.1 Å². The first-order valence-corrected chi connectivity index (χ1v) is 7.29. The quantitative estimate of drug-likeness (QED) is 0.804. The summed E-state index contributed by atoms with van der Waals surface area (Å²) < 4.78 is 1.84. The van der Waals surface area contributed by atoms with E-state index in [0.717, 1.165) is 21.8 Å². The summed E-state index contributed by atoms with van der Waals surface area (Å²) in [6.45, 7) is 4.43. The molecule has 0 atom stereocenters. The van der Waals surface area contributed by atoms with Gasteiger partial charge in [0.05, 0.1) is 12.2 Å². The second-order valence-electron chi connectivity index (χ2n) is 4.74. The molecule has 1 N–H and O–H groups in total. The largest absolute Gasteiger partial charge is 0.346 e. The zero-order chi connectivity index (χ0) is 14.1. The van der Waals surface area contributed by atoms with Crippen molar-refractivity contribution in [3.63, 3.8) is 0 Å². The normalized spacial score (nSPS) is 10.9. The number of pyridine rings is 1. The SMILES string of the molecule is Cc1ccn2c(C(=O)NCc3cccs3)c(C)nc2c1. The van der Waals surface area contributed by atoms with E-state index in [9.17, 15) is 4.79 Å². The van der Waals surface area contributed by atoms with Crippen LogP contribution in [-0.4, -0.2) is 15.3 Å². The Kier molecular flexibility index (Phi) is 3.28. The number of nitrogens with one attached hydrogen (secondary N) is 1. The van der Waals surface area contributed by atoms with Crippen LogP contribution in [0.4, 0.5) is 0 Å². The Hall–Kier alpha value is -2.14. The summed E-state index contributed by atoms with van der Waals surface area (Å²) in [4.78, 5) is 17.9. The number of hydrogen-bond acceptors (Lipinski definition) is 3. The van der Waals surface area contributed by atoms with Crippen LogP contribution in [0.15, 0.2) is 35.8 Å². The Balaban J connectivity index is 1.89. The van der Waals surface area contributed by atoms with Gasteiger partial charge in [-0.2, -0.15) is 0 Å². The van der Waals surface area contributed by atoms with Gasteiger partial charge in [-0.25, -0.2) is 4.98 Å². The van der Waals surface area contributed by atoms with Gasteiger partial charge >= 0.3 is 0 Å². The van der Waals surface area contributed by atoms with Crippen LogP contribution < -0.4 is 5.32 Å². The molecule has 3 aromatic heterocycles. The van der Waals surface area contributed by atoms with Crippen LogP contribution in [0.2, 0.25) is 0 Å². The molecule has 0 aliphatic heterocycles. The fourth-order valence-electron chi connectivity index (χ4n) is 2.20. The van der Waals surface area contributed by atoms with Crippen molar-refractivity contribution < 1.29 is 4.79 Å². The van der Waals surface area contributed by atoms with E-state index >= 15 is 0 Å². The Labute approximate surface area is 121 Å². The first-order chi connectivity index (χ1) is 9.65. The molecule has 0 spiro atoms. The minimum absolute atomic E-state index is 0.0905. The Bertz CT molecular complexity index is 759. The van der Waals surface area contributed by atoms with Crippen LogP contribution in [0.25, 0.3) is 5.65 Å². The summed E-state index contributed by atoms with van der Waals surface area (Å²) in [6, 6.07) is 7.94. The summed E-state index contributed by atoms with van der Waals surface area (Å²) in [6.07, 6.45) is 1.89. The molecule has 0 aromatic carbocycles. The second kappa shape index (κ2) is 5.09. The van der Waals surface area contributed by atoms with Gasteiger partial charge in [0, 0.05) is 11.1 Å². The van der Waals surface area contributed by atoms with E-state index in [4.69, 9.17) is 0 Å². The summed E-state index contributed by atoms with van der Waals surface area (Å²) in [7, 11) is 0. The van der Waals surface area contributed by atoms with Crippen LogP contribution in [0.1, 0.15) is 26.6 Å². The summed E-state index contributed by atoms with van der Waals surface area (Å²) >= 11 is 1.63. The van der Waals surface area contributed by atoms with Crippen molar-refractivity contribution in [2.24, 2.45) is 0 Å². The van der Waals surface area contributed by atoms with Gasteiger partial charge in [-0.15, -0.1) is 11.3 Å². The molecule has 3 aromatic rings. The molecule has 5 heteroatoms. The van der Waals surface area contributed by atoms with Crippen molar-refractivity contribution in [3.8, 4) is 0 Å². The van der Waals surface area contributed by atoms with Gasteiger partial charge in [0.25, 0.3) is 5.91 Å². The number of thiophene rings is 1. The van der Waals surface area contributed by atoms with E-state index < -0.39 is 0 Å². The third-order valence-electron chi connectivity index (χ3n) is 3.17. The number of imidazole rings is 1. The zero-order valence-electron chi connectivity index (χ0n) is 11.4. The number of rotatable bonds is 3. The minimum Gasteiger partial charge on any atom is -0.346 e. The lowest BCUT2D eigenvalue weighted by Crippen LogP contribution is -2.24. The number of aryl methyl sites for hydroxylation is 2. The zero-order valence-corrected chi connectivity index (χ0v) is 12.2. The van der Waals surface area contributed by atoms with Crippen molar-refractivity contribution in [3.05, 3.63) is 57.7 Å². The van der Waals surface area contributed by atoms with Crippen molar-refractivity contribution in [1.82, 2.24) is 14.7 Å². The molecular formula is C15H15N3OS. The Morgan fingerprint density at radius 2 is 2.25 bits per heavy atom.